The highest BCUT2D eigenvalue weighted by atomic mass is 19.4. The maximum Gasteiger partial charge on any atom is 0.525 e. The minimum Gasteiger partial charge on any atom is -0.398 e. The maximum atomic E-state index is 15.2. The van der Waals surface area contributed by atoms with Gasteiger partial charge in [-0.25, -0.2) is 8.78 Å². The predicted octanol–water partition coefficient (Wildman–Crippen LogP) is 5.11. The fraction of sp³-hybridized carbons (Fsp3) is 0.556. The van der Waals surface area contributed by atoms with Gasteiger partial charge in [0.25, 0.3) is 0 Å². The van der Waals surface area contributed by atoms with Crippen molar-refractivity contribution in [3.05, 3.63) is 41.4 Å². The van der Waals surface area contributed by atoms with Crippen LogP contribution >= 0.6 is 0 Å². The molecule has 0 radical (unpaired) electrons. The highest BCUT2D eigenvalue weighted by molar-refractivity contribution is 6.55. The van der Waals surface area contributed by atoms with Crippen LogP contribution in [0.25, 0.3) is 5.57 Å². The molecule has 0 aromatic heterocycles. The third-order valence-electron chi connectivity index (χ3n) is 4.70. The first-order chi connectivity index (χ1) is 12.3. The molecule has 9 heteroatoms. The van der Waals surface area contributed by atoms with Gasteiger partial charge in [0.05, 0.1) is 17.8 Å². The molecule has 0 unspecified atom stereocenters. The second-order valence-corrected chi connectivity index (χ2v) is 7.34. The topological polar surface area (TPSA) is 27.7 Å². The van der Waals surface area contributed by atoms with Crippen molar-refractivity contribution in [1.82, 2.24) is 0 Å². The van der Waals surface area contributed by atoms with Crippen molar-refractivity contribution in [2.45, 2.75) is 51.5 Å². The summed E-state index contributed by atoms with van der Waals surface area (Å²) in [6.45, 7) is 5.23. The Labute approximate surface area is 155 Å². The Kier molecular flexibility index (Phi) is 6.38. The van der Waals surface area contributed by atoms with Crippen molar-refractivity contribution in [1.29, 1.82) is 0 Å². The summed E-state index contributed by atoms with van der Waals surface area (Å²) in [6.07, 6.45) is -4.62. The first kappa shape index (κ1) is 21.9. The van der Waals surface area contributed by atoms with E-state index in [1.54, 1.807) is 27.7 Å². The first-order valence-electron chi connectivity index (χ1n) is 8.47. The van der Waals surface area contributed by atoms with Gasteiger partial charge in [-0.05, 0) is 57.4 Å². The van der Waals surface area contributed by atoms with Crippen molar-refractivity contribution in [3.8, 4) is 0 Å². The van der Waals surface area contributed by atoms with Crippen molar-refractivity contribution in [2.75, 3.05) is 13.2 Å². The Balaban J connectivity index is 2.25. The van der Waals surface area contributed by atoms with E-state index in [1.807, 2.05) is 0 Å². The van der Waals surface area contributed by atoms with Crippen molar-refractivity contribution in [2.24, 2.45) is 0 Å². The van der Waals surface area contributed by atoms with Crippen LogP contribution in [0.3, 0.4) is 0 Å². The lowest BCUT2D eigenvalue weighted by Gasteiger charge is -2.32. The van der Waals surface area contributed by atoms with Gasteiger partial charge in [0.1, 0.15) is 18.2 Å². The zero-order valence-electron chi connectivity index (χ0n) is 15.6. The second kappa shape index (κ2) is 7.89. The molecule has 0 atom stereocenters. The molecular formula is C18H22BF5O3. The number of hydrogen-bond donors (Lipinski definition) is 0. The van der Waals surface area contributed by atoms with Gasteiger partial charge in [0.2, 0.25) is 0 Å². The molecular weight excluding hydrogens is 370 g/mol. The molecule has 0 amide bonds. The highest BCUT2D eigenvalue weighted by Crippen LogP contribution is 2.40. The zero-order valence-corrected chi connectivity index (χ0v) is 15.6. The predicted molar refractivity (Wildman–Crippen MR) is 92.0 cm³/mol. The summed E-state index contributed by atoms with van der Waals surface area (Å²) in [4.78, 5) is 0. The molecule has 1 aliphatic rings. The van der Waals surface area contributed by atoms with Crippen LogP contribution in [0.1, 0.15) is 39.7 Å². The Morgan fingerprint density at radius 2 is 1.56 bits per heavy atom. The number of hydrogen-bond acceptors (Lipinski definition) is 3. The molecule has 1 aromatic rings. The van der Waals surface area contributed by atoms with Gasteiger partial charge in [0, 0.05) is 0 Å². The average Bonchev–Trinajstić information content (AvgIpc) is 2.75. The summed E-state index contributed by atoms with van der Waals surface area (Å²) in [7, 11) is -1.31. The summed E-state index contributed by atoms with van der Waals surface area (Å²) in [5.41, 5.74) is -1.96. The molecule has 0 spiro atoms. The molecule has 3 nitrogen and oxygen atoms in total. The van der Waals surface area contributed by atoms with E-state index >= 15 is 4.39 Å². The van der Waals surface area contributed by atoms with Crippen LogP contribution in [-0.2, 0) is 14.0 Å². The second-order valence-electron chi connectivity index (χ2n) is 7.34. The van der Waals surface area contributed by atoms with Gasteiger partial charge in [-0.2, -0.15) is 13.2 Å². The molecule has 1 heterocycles. The molecule has 27 heavy (non-hydrogen) atoms. The van der Waals surface area contributed by atoms with Crippen LogP contribution in [0.4, 0.5) is 22.0 Å². The van der Waals surface area contributed by atoms with E-state index < -0.39 is 42.6 Å². The molecule has 1 fully saturated rings. The Hall–Kier alpha value is -1.45. The van der Waals surface area contributed by atoms with Crippen LogP contribution in [0.15, 0.2) is 30.0 Å². The number of rotatable bonds is 6. The molecule has 1 aromatic carbocycles. The third kappa shape index (κ3) is 5.52. The van der Waals surface area contributed by atoms with E-state index in [4.69, 9.17) is 9.31 Å². The third-order valence-corrected chi connectivity index (χ3v) is 4.70. The van der Waals surface area contributed by atoms with Gasteiger partial charge in [-0.3, -0.25) is 0 Å². The molecule has 0 N–H and O–H groups in total. The number of ether oxygens (including phenoxy) is 1. The van der Waals surface area contributed by atoms with Gasteiger partial charge in [-0.15, -0.1) is 0 Å². The van der Waals surface area contributed by atoms with E-state index in [0.29, 0.717) is 5.56 Å². The van der Waals surface area contributed by atoms with E-state index in [9.17, 15) is 17.6 Å². The van der Waals surface area contributed by atoms with Crippen molar-refractivity contribution in [3.63, 3.8) is 0 Å². The zero-order chi connectivity index (χ0) is 20.5. The molecule has 1 saturated heterocycles. The monoisotopic (exact) mass is 392 g/mol. The van der Waals surface area contributed by atoms with Crippen molar-refractivity contribution < 1.29 is 36.0 Å². The molecule has 0 saturated carbocycles. The maximum absolute atomic E-state index is 15.2. The minimum absolute atomic E-state index is 0.0516. The smallest absolute Gasteiger partial charge is 0.398 e. The van der Waals surface area contributed by atoms with E-state index in [2.05, 4.69) is 4.74 Å². The largest absolute Gasteiger partial charge is 0.525 e. The Morgan fingerprint density at radius 3 is 2.04 bits per heavy atom. The van der Waals surface area contributed by atoms with Gasteiger partial charge >= 0.3 is 13.3 Å². The lowest BCUT2D eigenvalue weighted by Crippen LogP contribution is -2.41. The SMILES string of the molecule is CC1(C)OB(C(F)=C(CCOCC(F)(F)F)c2ccc(F)cc2)OC1(C)C. The quantitative estimate of drug-likeness (QED) is 0.383. The highest BCUT2D eigenvalue weighted by Gasteiger charge is 2.53. The number of benzene rings is 1. The molecule has 0 aliphatic carbocycles. The lowest BCUT2D eigenvalue weighted by atomic mass is 9.82. The number of alkyl halides is 3. The normalized spacial score (nSPS) is 20.0. The minimum atomic E-state index is -4.47. The molecule has 2 rings (SSSR count). The van der Waals surface area contributed by atoms with E-state index in [-0.39, 0.29) is 18.6 Å². The van der Waals surface area contributed by atoms with Gasteiger partial charge < -0.3 is 14.0 Å². The summed E-state index contributed by atoms with van der Waals surface area (Å²) < 4.78 is 81.0. The summed E-state index contributed by atoms with van der Waals surface area (Å²) in [6, 6.07) is 4.98. The number of halogens is 5. The average molecular weight is 392 g/mol. The van der Waals surface area contributed by atoms with Crippen LogP contribution in [0.5, 0.6) is 0 Å². The van der Waals surface area contributed by atoms with Crippen LogP contribution in [0, 0.1) is 5.82 Å². The summed E-state index contributed by atoms with van der Waals surface area (Å²) in [5, 5.41) is 0. The molecule has 1 aliphatic heterocycles. The van der Waals surface area contributed by atoms with Crippen LogP contribution in [0.2, 0.25) is 0 Å². The first-order valence-corrected chi connectivity index (χ1v) is 8.47. The Morgan fingerprint density at radius 1 is 1.04 bits per heavy atom. The lowest BCUT2D eigenvalue weighted by molar-refractivity contribution is -0.173. The van der Waals surface area contributed by atoms with Crippen LogP contribution < -0.4 is 0 Å². The fourth-order valence-corrected chi connectivity index (χ4v) is 2.50. The fourth-order valence-electron chi connectivity index (χ4n) is 2.50. The molecule has 150 valence electrons. The standard InChI is InChI=1S/C18H22BF5O3/c1-16(2)17(3,4)27-19(26-16)15(21)14(9-10-25-11-18(22,23)24)12-5-7-13(20)8-6-12/h5-8H,9-11H2,1-4H3. The van der Waals surface area contributed by atoms with Crippen molar-refractivity contribution >= 4 is 12.7 Å². The summed E-state index contributed by atoms with van der Waals surface area (Å²) >= 11 is 0. The van der Waals surface area contributed by atoms with Crippen LogP contribution in [-0.4, -0.2) is 37.7 Å². The van der Waals surface area contributed by atoms with E-state index in [1.165, 1.54) is 12.1 Å². The summed E-state index contributed by atoms with van der Waals surface area (Å²) in [5.74, 6) is -0.512. The molecule has 0 bridgehead atoms. The van der Waals surface area contributed by atoms with E-state index in [0.717, 1.165) is 12.1 Å². The van der Waals surface area contributed by atoms with Gasteiger partial charge in [0.15, 0.2) is 0 Å². The Bertz CT molecular complexity index is 667. The van der Waals surface area contributed by atoms with Gasteiger partial charge in [-0.1, -0.05) is 12.1 Å².